The molecular weight excluding hydrogens is 298 g/mol. The van der Waals surface area contributed by atoms with Gasteiger partial charge in [0.15, 0.2) is 12.0 Å². The molecule has 0 bridgehead atoms. The topological polar surface area (TPSA) is 85.6 Å². The van der Waals surface area contributed by atoms with E-state index in [-0.39, 0.29) is 23.1 Å². The molecule has 0 radical (unpaired) electrons. The Morgan fingerprint density at radius 1 is 1.30 bits per heavy atom. The van der Waals surface area contributed by atoms with Crippen LogP contribution in [0, 0.1) is 0 Å². The van der Waals surface area contributed by atoms with Crippen molar-refractivity contribution in [1.29, 1.82) is 0 Å². The van der Waals surface area contributed by atoms with Crippen molar-refractivity contribution in [2.24, 2.45) is 0 Å². The molecule has 1 heterocycles. The van der Waals surface area contributed by atoms with Gasteiger partial charge < -0.3 is 14.5 Å². The number of nitrogens with one attached hydrogen (secondary N) is 1. The van der Waals surface area contributed by atoms with E-state index in [2.05, 4.69) is 5.32 Å². The largest absolute Gasteiger partial charge is 0.450 e. The highest BCUT2D eigenvalue weighted by atomic mass is 16.5. The van der Waals surface area contributed by atoms with E-state index in [0.717, 1.165) is 18.9 Å². The average Bonchev–Trinajstić information content (AvgIpc) is 2.52. The fourth-order valence-electron chi connectivity index (χ4n) is 2.23. The number of fused-ring (bicyclic) bond motifs is 1. The third kappa shape index (κ3) is 4.42. The molecule has 0 aliphatic rings. The lowest BCUT2D eigenvalue weighted by Gasteiger charge is -2.12. The number of hydrogen-bond acceptors (Lipinski definition) is 5. The van der Waals surface area contributed by atoms with Crippen LogP contribution < -0.4 is 10.7 Å². The first kappa shape index (κ1) is 16.7. The second-order valence-electron chi connectivity index (χ2n) is 5.30. The zero-order valence-corrected chi connectivity index (χ0v) is 13.1. The number of carbonyl (C=O) groups is 2. The third-order valence-electron chi connectivity index (χ3n) is 3.30. The number of amides is 1. The van der Waals surface area contributed by atoms with Crippen LogP contribution in [0.5, 0.6) is 0 Å². The smallest absolute Gasteiger partial charge is 0.374 e. The first-order valence-corrected chi connectivity index (χ1v) is 7.50. The Morgan fingerprint density at radius 2 is 2.04 bits per heavy atom. The molecule has 1 aromatic carbocycles. The van der Waals surface area contributed by atoms with E-state index in [4.69, 9.17) is 9.15 Å². The van der Waals surface area contributed by atoms with Crippen LogP contribution >= 0.6 is 0 Å². The summed E-state index contributed by atoms with van der Waals surface area (Å²) in [6.07, 6.45) is 1.79. The first-order chi connectivity index (χ1) is 11.0. The van der Waals surface area contributed by atoms with Gasteiger partial charge in [-0.1, -0.05) is 25.5 Å². The van der Waals surface area contributed by atoms with Crippen molar-refractivity contribution < 1.29 is 18.7 Å². The van der Waals surface area contributed by atoms with Crippen LogP contribution in [0.4, 0.5) is 0 Å². The van der Waals surface area contributed by atoms with Gasteiger partial charge in [-0.15, -0.1) is 0 Å². The molecule has 1 amide bonds. The van der Waals surface area contributed by atoms with Crippen LogP contribution in [0.15, 0.2) is 39.5 Å². The van der Waals surface area contributed by atoms with Gasteiger partial charge in [0.2, 0.25) is 5.76 Å². The Morgan fingerprint density at radius 3 is 2.78 bits per heavy atom. The molecular formula is C17H19NO5. The summed E-state index contributed by atoms with van der Waals surface area (Å²) in [5.41, 5.74) is -0.0345. The summed E-state index contributed by atoms with van der Waals surface area (Å²) >= 11 is 0. The zero-order chi connectivity index (χ0) is 16.8. The van der Waals surface area contributed by atoms with Gasteiger partial charge in [-0.3, -0.25) is 9.59 Å². The van der Waals surface area contributed by atoms with E-state index in [1.807, 2.05) is 13.8 Å². The van der Waals surface area contributed by atoms with Crippen molar-refractivity contribution in [2.75, 3.05) is 6.61 Å². The molecule has 1 aromatic heterocycles. The van der Waals surface area contributed by atoms with Gasteiger partial charge in [-0.2, -0.15) is 0 Å². The minimum Gasteiger partial charge on any atom is -0.450 e. The van der Waals surface area contributed by atoms with Crippen molar-refractivity contribution in [1.82, 2.24) is 5.32 Å². The fraction of sp³-hybridized carbons (Fsp3) is 0.353. The second-order valence-corrected chi connectivity index (χ2v) is 5.30. The number of carbonyl (C=O) groups excluding carboxylic acids is 2. The van der Waals surface area contributed by atoms with E-state index in [1.54, 1.807) is 24.3 Å². The lowest BCUT2D eigenvalue weighted by Crippen LogP contribution is -2.35. The summed E-state index contributed by atoms with van der Waals surface area (Å²) in [5, 5.41) is 3.10. The summed E-state index contributed by atoms with van der Waals surface area (Å²) in [5.74, 6) is -1.45. The second kappa shape index (κ2) is 7.58. The summed E-state index contributed by atoms with van der Waals surface area (Å²) in [6.45, 7) is 3.49. The third-order valence-corrected chi connectivity index (χ3v) is 3.30. The molecule has 6 heteroatoms. The van der Waals surface area contributed by atoms with Gasteiger partial charge in [0, 0.05) is 12.1 Å². The standard InChI is InChI=1S/C17H19NO5/c1-3-6-11(2)18-16(20)10-22-17(21)15-9-13(19)12-7-4-5-8-14(12)23-15/h4-5,7-9,11H,3,6,10H2,1-2H3,(H,18,20)/t11-/m1/s1. The number of rotatable bonds is 6. The average molecular weight is 317 g/mol. The van der Waals surface area contributed by atoms with Crippen molar-refractivity contribution >= 4 is 22.8 Å². The molecule has 0 spiro atoms. The number of para-hydroxylation sites is 1. The molecule has 0 aliphatic heterocycles. The van der Waals surface area contributed by atoms with Crippen LogP contribution in [-0.4, -0.2) is 24.5 Å². The van der Waals surface area contributed by atoms with Crippen LogP contribution in [0.2, 0.25) is 0 Å². The van der Waals surface area contributed by atoms with Crippen LogP contribution in [0.1, 0.15) is 37.2 Å². The molecule has 0 saturated heterocycles. The molecule has 23 heavy (non-hydrogen) atoms. The van der Waals surface area contributed by atoms with Crippen molar-refractivity contribution in [3.05, 3.63) is 46.3 Å². The Kier molecular flexibility index (Phi) is 5.51. The Labute approximate surface area is 133 Å². The van der Waals surface area contributed by atoms with E-state index >= 15 is 0 Å². The van der Waals surface area contributed by atoms with E-state index in [1.165, 1.54) is 0 Å². The van der Waals surface area contributed by atoms with Crippen molar-refractivity contribution in [3.8, 4) is 0 Å². The van der Waals surface area contributed by atoms with Gasteiger partial charge in [0.1, 0.15) is 5.58 Å². The minimum atomic E-state index is -0.842. The van der Waals surface area contributed by atoms with Gasteiger partial charge in [-0.25, -0.2) is 4.79 Å². The maximum Gasteiger partial charge on any atom is 0.374 e. The highest BCUT2D eigenvalue weighted by molar-refractivity contribution is 5.90. The first-order valence-electron chi connectivity index (χ1n) is 7.50. The highest BCUT2D eigenvalue weighted by Crippen LogP contribution is 2.12. The summed E-state index contributed by atoms with van der Waals surface area (Å²) in [7, 11) is 0. The highest BCUT2D eigenvalue weighted by Gasteiger charge is 2.16. The molecule has 0 fully saturated rings. The fourth-order valence-corrected chi connectivity index (χ4v) is 2.23. The molecule has 122 valence electrons. The minimum absolute atomic E-state index is 0.0183. The summed E-state index contributed by atoms with van der Waals surface area (Å²) < 4.78 is 10.2. The zero-order valence-electron chi connectivity index (χ0n) is 13.1. The number of hydrogen-bond donors (Lipinski definition) is 1. The lowest BCUT2D eigenvalue weighted by molar-refractivity contribution is -0.124. The molecule has 6 nitrogen and oxygen atoms in total. The Bertz CT molecular complexity index is 765. The normalized spacial score (nSPS) is 11.9. The number of ether oxygens (including phenoxy) is 1. The summed E-state index contributed by atoms with van der Waals surface area (Å²) in [6, 6.07) is 7.69. The maximum absolute atomic E-state index is 11.9. The van der Waals surface area contributed by atoms with Gasteiger partial charge in [0.05, 0.1) is 5.39 Å². The van der Waals surface area contributed by atoms with Crippen molar-refractivity contribution in [3.63, 3.8) is 0 Å². The molecule has 1 N–H and O–H groups in total. The van der Waals surface area contributed by atoms with Gasteiger partial charge in [0.25, 0.3) is 5.91 Å². The van der Waals surface area contributed by atoms with Gasteiger partial charge >= 0.3 is 5.97 Å². The molecule has 2 aromatic rings. The maximum atomic E-state index is 11.9. The van der Waals surface area contributed by atoms with Crippen LogP contribution in [0.3, 0.4) is 0 Å². The molecule has 2 rings (SSSR count). The molecule has 0 aliphatic carbocycles. The van der Waals surface area contributed by atoms with Crippen molar-refractivity contribution in [2.45, 2.75) is 32.7 Å². The Hall–Kier alpha value is -2.63. The monoisotopic (exact) mass is 317 g/mol. The van der Waals surface area contributed by atoms with E-state index < -0.39 is 12.6 Å². The lowest BCUT2D eigenvalue weighted by atomic mass is 10.2. The van der Waals surface area contributed by atoms with Crippen LogP contribution in [-0.2, 0) is 9.53 Å². The molecule has 0 unspecified atom stereocenters. The number of esters is 1. The Balaban J connectivity index is 2.01. The molecule has 0 saturated carbocycles. The quantitative estimate of drug-likeness (QED) is 0.826. The molecule has 1 atom stereocenters. The SMILES string of the molecule is CCC[C@@H](C)NC(=O)COC(=O)c1cc(=O)c2ccccc2o1. The van der Waals surface area contributed by atoms with Gasteiger partial charge in [-0.05, 0) is 25.5 Å². The number of benzene rings is 1. The van der Waals surface area contributed by atoms with E-state index in [9.17, 15) is 14.4 Å². The predicted octanol–water partition coefficient (Wildman–Crippen LogP) is 2.25. The van der Waals surface area contributed by atoms with E-state index in [0.29, 0.717) is 11.0 Å². The predicted molar refractivity (Wildman–Crippen MR) is 85.3 cm³/mol. The summed E-state index contributed by atoms with van der Waals surface area (Å²) in [4.78, 5) is 35.5. The van der Waals surface area contributed by atoms with Crippen LogP contribution in [0.25, 0.3) is 11.0 Å².